The molecule has 0 saturated heterocycles. The third-order valence-corrected chi connectivity index (χ3v) is 5.18. The Hall–Kier alpha value is -2.54. The van der Waals surface area contributed by atoms with E-state index in [9.17, 15) is 8.42 Å². The van der Waals surface area contributed by atoms with Crippen LogP contribution in [0, 0.1) is 11.3 Å². The monoisotopic (exact) mass is 345 g/mol. The summed E-state index contributed by atoms with van der Waals surface area (Å²) in [5.41, 5.74) is 1.45. The first-order valence-corrected chi connectivity index (χ1v) is 8.95. The fourth-order valence-corrected chi connectivity index (χ4v) is 3.71. The normalized spacial score (nSPS) is 11.3. The molecule has 2 heterocycles. The second-order valence-electron chi connectivity index (χ2n) is 4.57. The summed E-state index contributed by atoms with van der Waals surface area (Å²) in [5.74, 6) is 0. The number of benzene rings is 1. The number of nitriles is 1. The lowest BCUT2D eigenvalue weighted by atomic mass is 10.2. The predicted molar refractivity (Wildman–Crippen MR) is 84.4 cm³/mol. The molecule has 1 aromatic carbocycles. The van der Waals surface area contributed by atoms with Gasteiger partial charge in [-0.25, -0.2) is 17.8 Å². The molecule has 0 atom stereocenters. The Kier molecular flexibility index (Phi) is 4.20. The molecule has 0 aliphatic carbocycles. The topological polar surface area (TPSA) is 101 Å². The summed E-state index contributed by atoms with van der Waals surface area (Å²) < 4.78 is 28.6. The first-order valence-electron chi connectivity index (χ1n) is 6.53. The highest BCUT2D eigenvalue weighted by Gasteiger charge is 2.18. The summed E-state index contributed by atoms with van der Waals surface area (Å²) in [7, 11) is -3.79. The van der Waals surface area contributed by atoms with Crippen LogP contribution in [0.1, 0.15) is 11.3 Å². The number of hydrogen-bond donors (Lipinski definition) is 1. The Bertz CT molecular complexity index is 955. The van der Waals surface area contributed by atoms with E-state index in [2.05, 4.69) is 15.0 Å². The van der Waals surface area contributed by atoms with Gasteiger partial charge in [-0.1, -0.05) is 17.3 Å². The van der Waals surface area contributed by atoms with Gasteiger partial charge in [0.25, 0.3) is 0 Å². The minimum Gasteiger partial charge on any atom is -0.220 e. The highest BCUT2D eigenvalue weighted by molar-refractivity contribution is 7.89. The first kappa shape index (κ1) is 15.4. The number of nitrogens with one attached hydrogen (secondary N) is 1. The quantitative estimate of drug-likeness (QED) is 0.758. The van der Waals surface area contributed by atoms with E-state index >= 15 is 0 Å². The SMILES string of the molecule is N#Cc1ccccc1S(=O)(=O)NCc1cn(-c2ccsc2)nn1. The van der Waals surface area contributed by atoms with Crippen molar-refractivity contribution in [3.8, 4) is 11.8 Å². The van der Waals surface area contributed by atoms with Gasteiger partial charge in [-0.3, -0.25) is 0 Å². The zero-order valence-electron chi connectivity index (χ0n) is 11.7. The Morgan fingerprint density at radius 3 is 2.87 bits per heavy atom. The van der Waals surface area contributed by atoms with Crippen LogP contribution in [0.15, 0.2) is 52.2 Å². The van der Waals surface area contributed by atoms with Crippen molar-refractivity contribution in [1.29, 1.82) is 5.26 Å². The van der Waals surface area contributed by atoms with E-state index in [1.165, 1.54) is 23.5 Å². The number of thiophene rings is 1. The van der Waals surface area contributed by atoms with Crippen molar-refractivity contribution in [3.05, 3.63) is 58.5 Å². The molecule has 0 unspecified atom stereocenters. The Labute approximate surface area is 136 Å². The van der Waals surface area contributed by atoms with Gasteiger partial charge in [-0.2, -0.15) is 16.6 Å². The lowest BCUT2D eigenvalue weighted by molar-refractivity contribution is 0.580. The van der Waals surface area contributed by atoms with E-state index in [0.29, 0.717) is 5.69 Å². The smallest absolute Gasteiger partial charge is 0.220 e. The Morgan fingerprint density at radius 2 is 2.13 bits per heavy atom. The van der Waals surface area contributed by atoms with Crippen LogP contribution < -0.4 is 4.72 Å². The van der Waals surface area contributed by atoms with Crippen LogP contribution in [0.2, 0.25) is 0 Å². The average Bonchev–Trinajstić information content (AvgIpc) is 3.24. The van der Waals surface area contributed by atoms with Crippen LogP contribution in [0.5, 0.6) is 0 Å². The van der Waals surface area contributed by atoms with Gasteiger partial charge in [0, 0.05) is 5.38 Å². The fourth-order valence-electron chi connectivity index (χ4n) is 1.93. The van der Waals surface area contributed by atoms with Crippen molar-refractivity contribution in [1.82, 2.24) is 19.7 Å². The zero-order chi connectivity index (χ0) is 16.3. The summed E-state index contributed by atoms with van der Waals surface area (Å²) in [6.45, 7) is -0.00771. The molecule has 2 aromatic heterocycles. The molecule has 0 saturated carbocycles. The van der Waals surface area contributed by atoms with Crippen molar-refractivity contribution < 1.29 is 8.42 Å². The van der Waals surface area contributed by atoms with Gasteiger partial charge in [0.1, 0.15) is 6.07 Å². The first-order chi connectivity index (χ1) is 11.1. The largest absolute Gasteiger partial charge is 0.242 e. The molecule has 7 nitrogen and oxygen atoms in total. The number of hydrogen-bond acceptors (Lipinski definition) is 6. The van der Waals surface area contributed by atoms with Gasteiger partial charge in [-0.05, 0) is 23.6 Å². The van der Waals surface area contributed by atoms with Crippen LogP contribution in [0.4, 0.5) is 0 Å². The van der Waals surface area contributed by atoms with Gasteiger partial charge in [-0.15, -0.1) is 5.10 Å². The molecule has 0 radical (unpaired) electrons. The molecule has 0 fully saturated rings. The number of sulfonamides is 1. The molecule has 0 bridgehead atoms. The molecule has 0 spiro atoms. The van der Waals surface area contributed by atoms with Crippen LogP contribution in [0.3, 0.4) is 0 Å². The minimum absolute atomic E-state index is 0.00771. The zero-order valence-corrected chi connectivity index (χ0v) is 13.4. The van der Waals surface area contributed by atoms with Crippen molar-refractivity contribution in [2.75, 3.05) is 0 Å². The van der Waals surface area contributed by atoms with Gasteiger partial charge in [0.2, 0.25) is 10.0 Å². The summed E-state index contributed by atoms with van der Waals surface area (Å²) in [5, 5.41) is 20.7. The molecule has 0 amide bonds. The maximum atomic E-state index is 12.3. The van der Waals surface area contributed by atoms with E-state index in [1.807, 2.05) is 22.9 Å². The van der Waals surface area contributed by atoms with Gasteiger partial charge >= 0.3 is 0 Å². The summed E-state index contributed by atoms with van der Waals surface area (Å²) >= 11 is 1.53. The molecule has 0 aliphatic heterocycles. The van der Waals surface area contributed by atoms with Crippen LogP contribution in [0.25, 0.3) is 5.69 Å². The van der Waals surface area contributed by atoms with Gasteiger partial charge < -0.3 is 0 Å². The number of aromatic nitrogens is 3. The standard InChI is InChI=1S/C14H11N5O2S2/c15-7-11-3-1-2-4-14(11)23(20,21)16-8-12-9-19(18-17-12)13-5-6-22-10-13/h1-6,9-10,16H,8H2. The molecule has 23 heavy (non-hydrogen) atoms. The average molecular weight is 345 g/mol. The number of rotatable bonds is 5. The van der Waals surface area contributed by atoms with E-state index in [1.54, 1.807) is 23.0 Å². The van der Waals surface area contributed by atoms with Crippen LogP contribution >= 0.6 is 11.3 Å². The highest BCUT2D eigenvalue weighted by atomic mass is 32.2. The van der Waals surface area contributed by atoms with Crippen LogP contribution in [-0.2, 0) is 16.6 Å². The lowest BCUT2D eigenvalue weighted by Crippen LogP contribution is -2.24. The van der Waals surface area contributed by atoms with Gasteiger partial charge in [0.15, 0.2) is 0 Å². The summed E-state index contributed by atoms with van der Waals surface area (Å²) in [6.07, 6.45) is 1.65. The molecule has 116 valence electrons. The summed E-state index contributed by atoms with van der Waals surface area (Å²) in [4.78, 5) is -0.0484. The molecule has 3 rings (SSSR count). The lowest BCUT2D eigenvalue weighted by Gasteiger charge is -2.06. The van der Waals surface area contributed by atoms with Crippen molar-refractivity contribution in [2.45, 2.75) is 11.4 Å². The van der Waals surface area contributed by atoms with Crippen LogP contribution in [-0.4, -0.2) is 23.4 Å². The van der Waals surface area contributed by atoms with Gasteiger partial charge in [0.05, 0.1) is 34.6 Å². The second kappa shape index (κ2) is 6.29. The second-order valence-corrected chi connectivity index (χ2v) is 7.08. The molecule has 3 aromatic rings. The minimum atomic E-state index is -3.79. The fraction of sp³-hybridized carbons (Fsp3) is 0.0714. The predicted octanol–water partition coefficient (Wildman–Crippen LogP) is 1.68. The van der Waals surface area contributed by atoms with E-state index in [4.69, 9.17) is 5.26 Å². The van der Waals surface area contributed by atoms with E-state index < -0.39 is 10.0 Å². The summed E-state index contributed by atoms with van der Waals surface area (Å²) in [6, 6.07) is 9.80. The maximum Gasteiger partial charge on any atom is 0.242 e. The third-order valence-electron chi connectivity index (χ3n) is 3.05. The third kappa shape index (κ3) is 3.29. The van der Waals surface area contributed by atoms with Crippen molar-refractivity contribution in [3.63, 3.8) is 0 Å². The molecular formula is C14H11N5O2S2. The Balaban J connectivity index is 1.76. The highest BCUT2D eigenvalue weighted by Crippen LogP contribution is 2.15. The maximum absolute atomic E-state index is 12.3. The molecule has 1 N–H and O–H groups in total. The molecular weight excluding hydrogens is 334 g/mol. The van der Waals surface area contributed by atoms with Crippen molar-refractivity contribution >= 4 is 21.4 Å². The van der Waals surface area contributed by atoms with E-state index in [-0.39, 0.29) is 17.0 Å². The number of nitrogens with zero attached hydrogens (tertiary/aromatic N) is 4. The molecule has 0 aliphatic rings. The Morgan fingerprint density at radius 1 is 1.30 bits per heavy atom. The molecule has 9 heteroatoms. The van der Waals surface area contributed by atoms with Crippen molar-refractivity contribution in [2.24, 2.45) is 0 Å². The van der Waals surface area contributed by atoms with E-state index in [0.717, 1.165) is 5.69 Å².